The molecule has 0 radical (unpaired) electrons. The van der Waals surface area contributed by atoms with Crippen LogP contribution in [0.2, 0.25) is 5.02 Å². The van der Waals surface area contributed by atoms with Gasteiger partial charge in [0.15, 0.2) is 5.82 Å². The van der Waals surface area contributed by atoms with Crippen LogP contribution in [0.3, 0.4) is 0 Å². The second-order valence-electron chi connectivity index (χ2n) is 5.50. The Hall–Kier alpha value is -3.58. The van der Waals surface area contributed by atoms with E-state index in [0.29, 0.717) is 33.9 Å². The van der Waals surface area contributed by atoms with Gasteiger partial charge in [-0.05, 0) is 36.4 Å². The lowest BCUT2D eigenvalue weighted by Gasteiger charge is -2.13. The zero-order valence-electron chi connectivity index (χ0n) is 14.2. The van der Waals surface area contributed by atoms with Gasteiger partial charge in [-0.25, -0.2) is 4.98 Å². The molecule has 0 aliphatic carbocycles. The highest BCUT2D eigenvalue weighted by atomic mass is 35.5. The van der Waals surface area contributed by atoms with Crippen molar-refractivity contribution in [2.75, 3.05) is 21.7 Å². The van der Waals surface area contributed by atoms with Crippen molar-refractivity contribution in [3.05, 3.63) is 72.4 Å². The van der Waals surface area contributed by atoms with Crippen LogP contribution < -0.4 is 21.7 Å². The van der Waals surface area contributed by atoms with Crippen molar-refractivity contribution in [2.45, 2.75) is 0 Å². The van der Waals surface area contributed by atoms with Crippen molar-refractivity contribution < 1.29 is 4.79 Å². The van der Waals surface area contributed by atoms with Crippen LogP contribution in [-0.2, 0) is 4.79 Å². The Bertz CT molecular complexity index is 991. The van der Waals surface area contributed by atoms with E-state index in [4.69, 9.17) is 17.3 Å². The van der Waals surface area contributed by atoms with E-state index in [1.807, 2.05) is 18.2 Å². The summed E-state index contributed by atoms with van der Waals surface area (Å²) in [5.41, 5.74) is 8.36. The van der Waals surface area contributed by atoms with Crippen LogP contribution in [0.15, 0.2) is 67.4 Å². The molecule has 3 aromatic rings. The van der Waals surface area contributed by atoms with Gasteiger partial charge in [0, 0.05) is 11.4 Å². The second-order valence-corrected chi connectivity index (χ2v) is 5.91. The third kappa shape index (κ3) is 4.74. The van der Waals surface area contributed by atoms with Crippen molar-refractivity contribution >= 4 is 52.0 Å². The topological polar surface area (TPSA) is 105 Å². The molecule has 5 N–H and O–H groups in total. The van der Waals surface area contributed by atoms with Crippen LogP contribution in [0, 0.1) is 0 Å². The third-order valence-corrected chi connectivity index (χ3v) is 3.79. The Morgan fingerprint density at radius 1 is 1.11 bits per heavy atom. The monoisotopic (exact) mass is 380 g/mol. The highest BCUT2D eigenvalue weighted by molar-refractivity contribution is 6.33. The van der Waals surface area contributed by atoms with Gasteiger partial charge in [-0.3, -0.25) is 4.79 Å². The Morgan fingerprint density at radius 3 is 2.63 bits per heavy atom. The van der Waals surface area contributed by atoms with Gasteiger partial charge in [0.1, 0.15) is 5.02 Å². The number of nitrogens with zero attached hydrogens (tertiary/aromatic N) is 2. The lowest BCUT2D eigenvalue weighted by Crippen LogP contribution is -2.09. The predicted octanol–water partition coefficient (Wildman–Crippen LogP) is 4.32. The zero-order chi connectivity index (χ0) is 19.2. The summed E-state index contributed by atoms with van der Waals surface area (Å²) in [6.07, 6.45) is 2.68. The van der Waals surface area contributed by atoms with Gasteiger partial charge in [0.2, 0.25) is 11.9 Å². The van der Waals surface area contributed by atoms with Crippen molar-refractivity contribution in [3.63, 3.8) is 0 Å². The van der Waals surface area contributed by atoms with Gasteiger partial charge in [0.25, 0.3) is 0 Å². The summed E-state index contributed by atoms with van der Waals surface area (Å²) in [6.45, 7) is 3.45. The summed E-state index contributed by atoms with van der Waals surface area (Å²) in [7, 11) is 0. The van der Waals surface area contributed by atoms with E-state index in [-0.39, 0.29) is 5.91 Å². The fourth-order valence-corrected chi connectivity index (χ4v) is 2.41. The number of hydrogen-bond donors (Lipinski definition) is 4. The second kappa shape index (κ2) is 8.20. The number of para-hydroxylation sites is 2. The largest absolute Gasteiger partial charge is 0.399 e. The standard InChI is InChI=1S/C19H17ClN6O/c1-2-17(27)24-15-8-3-4-9-16(15)25-18-14(20)11-22-19(26-18)23-13-7-5-6-12(21)10-13/h2-11H,1,21H2,(H,24,27)(H2,22,23,25,26). The summed E-state index contributed by atoms with van der Waals surface area (Å²) in [5.74, 6) is 0.417. The fourth-order valence-electron chi connectivity index (χ4n) is 2.27. The summed E-state index contributed by atoms with van der Waals surface area (Å²) in [4.78, 5) is 20.2. The first kappa shape index (κ1) is 18.2. The van der Waals surface area contributed by atoms with Crippen LogP contribution in [0.4, 0.5) is 34.5 Å². The van der Waals surface area contributed by atoms with Crippen molar-refractivity contribution in [3.8, 4) is 0 Å². The summed E-state index contributed by atoms with van der Waals surface area (Å²) in [5, 5.41) is 9.24. The van der Waals surface area contributed by atoms with Crippen LogP contribution in [0.1, 0.15) is 0 Å². The first-order valence-corrected chi connectivity index (χ1v) is 8.37. The average molecular weight is 381 g/mol. The van der Waals surface area contributed by atoms with Crippen LogP contribution in [-0.4, -0.2) is 15.9 Å². The number of nitrogens with one attached hydrogen (secondary N) is 3. The van der Waals surface area contributed by atoms with Gasteiger partial charge >= 0.3 is 0 Å². The van der Waals surface area contributed by atoms with Crippen molar-refractivity contribution in [1.82, 2.24) is 9.97 Å². The van der Waals surface area contributed by atoms with Gasteiger partial charge in [-0.1, -0.05) is 36.4 Å². The number of aromatic nitrogens is 2. The Morgan fingerprint density at radius 2 is 1.89 bits per heavy atom. The number of rotatable bonds is 6. The summed E-state index contributed by atoms with van der Waals surface area (Å²) < 4.78 is 0. The number of hydrogen-bond acceptors (Lipinski definition) is 6. The highest BCUT2D eigenvalue weighted by Crippen LogP contribution is 2.29. The fraction of sp³-hybridized carbons (Fsp3) is 0. The van der Waals surface area contributed by atoms with Gasteiger partial charge in [-0.2, -0.15) is 4.98 Å². The molecule has 0 aliphatic heterocycles. The molecule has 3 rings (SSSR count). The number of anilines is 6. The number of carbonyl (C=O) groups is 1. The van der Waals surface area contributed by atoms with E-state index in [2.05, 4.69) is 32.5 Å². The molecular formula is C19H17ClN6O. The first-order valence-electron chi connectivity index (χ1n) is 8.00. The molecule has 136 valence electrons. The molecule has 1 amide bonds. The van der Waals surface area contributed by atoms with Gasteiger partial charge < -0.3 is 21.7 Å². The van der Waals surface area contributed by atoms with E-state index < -0.39 is 0 Å². The Kier molecular flexibility index (Phi) is 5.53. The molecule has 0 aliphatic rings. The molecule has 1 heterocycles. The van der Waals surface area contributed by atoms with E-state index in [1.165, 1.54) is 12.3 Å². The minimum absolute atomic E-state index is 0.318. The van der Waals surface area contributed by atoms with Crippen LogP contribution in [0.25, 0.3) is 0 Å². The number of amides is 1. The number of nitrogens with two attached hydrogens (primary N) is 1. The molecule has 27 heavy (non-hydrogen) atoms. The molecule has 8 heteroatoms. The maximum absolute atomic E-state index is 11.6. The Balaban J connectivity index is 1.85. The normalized spacial score (nSPS) is 10.1. The van der Waals surface area contributed by atoms with Crippen LogP contribution >= 0.6 is 11.6 Å². The van der Waals surface area contributed by atoms with Crippen molar-refractivity contribution in [2.24, 2.45) is 0 Å². The first-order chi connectivity index (χ1) is 13.0. The molecule has 1 aromatic heterocycles. The number of benzene rings is 2. The molecule has 0 saturated carbocycles. The SMILES string of the molecule is C=CC(=O)Nc1ccccc1Nc1nc(Nc2cccc(N)c2)ncc1Cl. The highest BCUT2D eigenvalue weighted by Gasteiger charge is 2.10. The third-order valence-electron chi connectivity index (χ3n) is 3.51. The average Bonchev–Trinajstić information content (AvgIpc) is 2.66. The summed E-state index contributed by atoms with van der Waals surface area (Å²) in [6, 6.07) is 14.4. The summed E-state index contributed by atoms with van der Waals surface area (Å²) >= 11 is 6.22. The molecule has 0 bridgehead atoms. The smallest absolute Gasteiger partial charge is 0.247 e. The zero-order valence-corrected chi connectivity index (χ0v) is 15.0. The van der Waals surface area contributed by atoms with E-state index >= 15 is 0 Å². The number of carbonyl (C=O) groups excluding carboxylic acids is 1. The lowest BCUT2D eigenvalue weighted by molar-refractivity contribution is -0.111. The van der Waals surface area contributed by atoms with Gasteiger partial charge in [0.05, 0.1) is 17.6 Å². The quantitative estimate of drug-likeness (QED) is 0.375. The molecule has 0 atom stereocenters. The maximum atomic E-state index is 11.6. The lowest BCUT2D eigenvalue weighted by atomic mass is 10.2. The Labute approximate surface area is 161 Å². The molecule has 0 fully saturated rings. The number of nitrogen functional groups attached to an aromatic ring is 1. The minimum atomic E-state index is -0.318. The van der Waals surface area contributed by atoms with E-state index in [1.54, 1.807) is 30.3 Å². The minimum Gasteiger partial charge on any atom is -0.399 e. The number of halogens is 1. The predicted molar refractivity (Wildman–Crippen MR) is 110 cm³/mol. The molecule has 0 unspecified atom stereocenters. The molecule has 0 saturated heterocycles. The van der Waals surface area contributed by atoms with Crippen LogP contribution in [0.5, 0.6) is 0 Å². The van der Waals surface area contributed by atoms with E-state index in [9.17, 15) is 4.79 Å². The molecular weight excluding hydrogens is 364 g/mol. The molecule has 0 spiro atoms. The van der Waals surface area contributed by atoms with Crippen molar-refractivity contribution in [1.29, 1.82) is 0 Å². The maximum Gasteiger partial charge on any atom is 0.247 e. The van der Waals surface area contributed by atoms with E-state index in [0.717, 1.165) is 5.69 Å². The molecule has 7 nitrogen and oxygen atoms in total. The molecule has 2 aromatic carbocycles. The van der Waals surface area contributed by atoms with Gasteiger partial charge in [-0.15, -0.1) is 0 Å².